The zero-order valence-electron chi connectivity index (χ0n) is 66.3. The molecule has 106 heavy (non-hydrogen) atoms. The normalized spacial score (nSPS) is 14.6. The van der Waals surface area contributed by atoms with Gasteiger partial charge in [0.25, 0.3) is 0 Å². The van der Waals surface area contributed by atoms with E-state index in [2.05, 4.69) is 161 Å². The van der Waals surface area contributed by atoms with Crippen LogP contribution in [0.2, 0.25) is 0 Å². The van der Waals surface area contributed by atoms with Crippen LogP contribution in [-0.4, -0.2) is 96.7 Å². The van der Waals surface area contributed by atoms with Gasteiger partial charge in [-0.15, -0.1) is 0 Å². The highest BCUT2D eigenvalue weighted by Crippen LogP contribution is 2.45. The predicted molar refractivity (Wildman–Crippen MR) is 436 cm³/mol. The van der Waals surface area contributed by atoms with Crippen LogP contribution in [0.15, 0.2) is 146 Å². The minimum atomic E-state index is -5.00. The van der Waals surface area contributed by atoms with Crippen molar-refractivity contribution in [1.82, 2.24) is 0 Å². The molecule has 5 atom stereocenters. The number of phosphoric acid groups is 2. The van der Waals surface area contributed by atoms with Crippen LogP contribution in [0.3, 0.4) is 0 Å². The molecule has 0 amide bonds. The third kappa shape index (κ3) is 77.1. The van der Waals surface area contributed by atoms with Crippen LogP contribution in [-0.2, 0) is 65.4 Å². The summed E-state index contributed by atoms with van der Waals surface area (Å²) in [5.41, 5.74) is 0. The number of aliphatic hydroxyl groups is 1. The number of esters is 4. The number of carbonyl (C=O) groups excluding carboxylic acids is 4. The maximum Gasteiger partial charge on any atom is 0.472 e. The summed E-state index contributed by atoms with van der Waals surface area (Å²) < 4.78 is 68.6. The lowest BCUT2D eigenvalue weighted by Gasteiger charge is -2.21. The fourth-order valence-electron chi connectivity index (χ4n) is 10.6. The quantitative estimate of drug-likeness (QED) is 0.0169. The van der Waals surface area contributed by atoms with Crippen molar-refractivity contribution in [3.8, 4) is 0 Å². The Hall–Kier alpha value is -5.06. The third-order valence-corrected chi connectivity index (χ3v) is 18.7. The van der Waals surface area contributed by atoms with Gasteiger partial charge >= 0.3 is 39.5 Å². The number of allylic oxidation sites excluding steroid dienone is 24. The van der Waals surface area contributed by atoms with Gasteiger partial charge in [-0.05, 0) is 141 Å². The molecule has 2 unspecified atom stereocenters. The molecule has 0 aromatic carbocycles. The Balaban J connectivity index is 5.47. The first-order valence-corrected chi connectivity index (χ1v) is 44.1. The Morgan fingerprint density at radius 1 is 0.274 bits per heavy atom. The smallest absolute Gasteiger partial charge is 0.462 e. The third-order valence-electron chi connectivity index (χ3n) is 16.8. The highest BCUT2D eigenvalue weighted by Gasteiger charge is 2.30. The molecule has 0 saturated carbocycles. The summed E-state index contributed by atoms with van der Waals surface area (Å²) >= 11 is 0. The Bertz CT molecular complexity index is 2580. The average molecular weight is 1530 g/mol. The molecule has 0 spiro atoms. The summed E-state index contributed by atoms with van der Waals surface area (Å²) in [4.78, 5) is 73.1. The van der Waals surface area contributed by atoms with Crippen molar-refractivity contribution in [2.75, 3.05) is 39.6 Å². The lowest BCUT2D eigenvalue weighted by molar-refractivity contribution is -0.161. The fourth-order valence-corrected chi connectivity index (χ4v) is 12.1. The minimum absolute atomic E-state index is 0.0311. The molecule has 0 saturated heterocycles. The van der Waals surface area contributed by atoms with Gasteiger partial charge in [0.05, 0.1) is 26.4 Å². The van der Waals surface area contributed by atoms with Crippen LogP contribution in [0.5, 0.6) is 0 Å². The maximum atomic E-state index is 13.1. The molecule has 0 bridgehead atoms. The topological polar surface area (TPSA) is 237 Å². The van der Waals surface area contributed by atoms with E-state index in [0.717, 1.165) is 148 Å². The average Bonchev–Trinajstić information content (AvgIpc) is 0.911. The predicted octanol–water partition coefficient (Wildman–Crippen LogP) is 24.2. The Morgan fingerprint density at radius 3 is 0.840 bits per heavy atom. The Labute approximate surface area is 643 Å². The second kappa shape index (κ2) is 78.1. The summed E-state index contributed by atoms with van der Waals surface area (Å²) in [7, 11) is -10.0. The van der Waals surface area contributed by atoms with Gasteiger partial charge in [0.1, 0.15) is 19.3 Å². The highest BCUT2D eigenvalue weighted by molar-refractivity contribution is 7.47. The maximum absolute atomic E-state index is 13.1. The van der Waals surface area contributed by atoms with Crippen LogP contribution in [0.1, 0.15) is 323 Å². The van der Waals surface area contributed by atoms with E-state index in [4.69, 9.17) is 37.0 Å². The van der Waals surface area contributed by atoms with Gasteiger partial charge in [-0.25, -0.2) is 9.13 Å². The van der Waals surface area contributed by atoms with Gasteiger partial charge in [0.2, 0.25) is 0 Å². The second-order valence-corrected chi connectivity index (χ2v) is 29.9. The van der Waals surface area contributed by atoms with E-state index in [1.165, 1.54) is 89.9 Å². The van der Waals surface area contributed by atoms with E-state index in [1.54, 1.807) is 0 Å². The molecule has 0 rings (SSSR count). The van der Waals surface area contributed by atoms with Crippen molar-refractivity contribution in [2.45, 2.75) is 341 Å². The SMILES string of the molecule is CC/C=C\C/C=C\C/C=C\C/C=C\C/C=C\CCCCCC(=O)O[C@H](COC(=O)CCCCCCCCCCCCCCC)COP(=O)(O)OC[C@H](O)COP(=O)(O)OC[C@@H](COC(=O)CC/C=C\C/C=C\C/C=C\C/C=C\C/C=C\CCCCC)OC(=O)CCCCCCC/C=C\C/C=C\CCCCC. The summed E-state index contributed by atoms with van der Waals surface area (Å²) in [5.74, 6) is -2.32. The van der Waals surface area contributed by atoms with Crippen LogP contribution in [0, 0.1) is 0 Å². The van der Waals surface area contributed by atoms with E-state index >= 15 is 0 Å². The lowest BCUT2D eigenvalue weighted by atomic mass is 10.0. The molecule has 0 aromatic heterocycles. The molecule has 3 N–H and O–H groups in total. The van der Waals surface area contributed by atoms with E-state index in [9.17, 15) is 43.2 Å². The standard InChI is InChI=1S/C87H146O17P2/c1-5-9-13-17-21-25-29-33-36-38-40-42-45-48-52-56-60-64-68-72-85(90)98-78-83(103-86(91)73-69-65-61-57-53-49-44-35-31-27-23-19-15-11-7-3)80-102-106(95,96)100-76-81(88)75-99-105(93,94)101-79-82(77-97-84(89)71-67-63-59-55-51-47-32-28-24-20-16-12-8-4)104-87(92)74-70-66-62-58-54-50-46-43-41-39-37-34-30-26-22-18-14-10-6-2/h10,14,21-23,25-27,33-37,40-44,48,50,52,54,60,64,81-83,88H,5-9,11-13,15-20,24,28-32,38-39,45-47,49,51,53,55-59,61-63,65-80H2,1-4H3,(H,93,94)(H,95,96)/b14-10-,25-21-,26-22-,27-23-,36-33-,37-34-,42-40-,43-41-,44-35-,52-48-,54-50-,64-60-/t81-,82+,83+/m0/s1. The van der Waals surface area contributed by atoms with Crippen LogP contribution in [0.4, 0.5) is 0 Å². The first kappa shape index (κ1) is 101. The van der Waals surface area contributed by atoms with Crippen molar-refractivity contribution in [3.63, 3.8) is 0 Å². The van der Waals surface area contributed by atoms with Gasteiger partial charge in [-0.1, -0.05) is 302 Å². The number of ether oxygens (including phenoxy) is 4. The van der Waals surface area contributed by atoms with Gasteiger partial charge in [-0.2, -0.15) is 0 Å². The monoisotopic (exact) mass is 1530 g/mol. The first-order chi connectivity index (χ1) is 51.7. The Morgan fingerprint density at radius 2 is 0.509 bits per heavy atom. The number of hydrogen-bond donors (Lipinski definition) is 3. The van der Waals surface area contributed by atoms with Gasteiger partial charge in [-0.3, -0.25) is 37.3 Å². The van der Waals surface area contributed by atoms with Crippen LogP contribution in [0.25, 0.3) is 0 Å². The molecule has 0 aliphatic rings. The largest absolute Gasteiger partial charge is 0.472 e. The molecule has 17 nitrogen and oxygen atoms in total. The number of rotatable bonds is 76. The van der Waals surface area contributed by atoms with Crippen molar-refractivity contribution in [2.24, 2.45) is 0 Å². The number of phosphoric ester groups is 2. The van der Waals surface area contributed by atoms with Crippen molar-refractivity contribution >= 4 is 39.5 Å². The van der Waals surface area contributed by atoms with E-state index in [-0.39, 0.29) is 25.7 Å². The molecule has 0 aromatic rings. The molecule has 0 heterocycles. The lowest BCUT2D eigenvalue weighted by Crippen LogP contribution is -2.30. The summed E-state index contributed by atoms with van der Waals surface area (Å²) in [6.07, 6.45) is 89.8. The van der Waals surface area contributed by atoms with Gasteiger partial charge in [0, 0.05) is 25.7 Å². The fraction of sp³-hybridized carbons (Fsp3) is 0.678. The first-order valence-electron chi connectivity index (χ1n) is 41.1. The number of hydrogen-bond acceptors (Lipinski definition) is 15. The molecule has 19 heteroatoms. The van der Waals surface area contributed by atoms with Crippen molar-refractivity contribution in [1.29, 1.82) is 0 Å². The molecule has 0 radical (unpaired) electrons. The number of carbonyl (C=O) groups is 4. The molecular formula is C87H146O17P2. The molecule has 0 aliphatic heterocycles. The van der Waals surface area contributed by atoms with E-state index in [0.29, 0.717) is 32.1 Å². The Kier molecular flexibility index (Phi) is 74.3. The number of unbranched alkanes of at least 4 members (excludes halogenated alkanes) is 26. The van der Waals surface area contributed by atoms with E-state index in [1.807, 2.05) is 12.2 Å². The van der Waals surface area contributed by atoms with Crippen molar-refractivity contribution < 1.29 is 80.2 Å². The number of aliphatic hydroxyl groups excluding tert-OH is 1. The van der Waals surface area contributed by atoms with Gasteiger partial charge < -0.3 is 33.8 Å². The molecule has 606 valence electrons. The summed E-state index contributed by atoms with van der Waals surface area (Å²) in [6, 6.07) is 0. The molecular weight excluding hydrogens is 1380 g/mol. The molecule has 0 fully saturated rings. The van der Waals surface area contributed by atoms with E-state index < -0.39 is 97.5 Å². The van der Waals surface area contributed by atoms with Crippen LogP contribution < -0.4 is 0 Å². The van der Waals surface area contributed by atoms with Gasteiger partial charge in [0.15, 0.2) is 12.2 Å². The zero-order valence-corrected chi connectivity index (χ0v) is 68.1. The second-order valence-electron chi connectivity index (χ2n) is 27.0. The highest BCUT2D eigenvalue weighted by atomic mass is 31.2. The van der Waals surface area contributed by atoms with Crippen LogP contribution >= 0.6 is 15.6 Å². The zero-order chi connectivity index (χ0) is 77.4. The summed E-state index contributed by atoms with van der Waals surface area (Å²) in [6.45, 7) is 4.58. The summed E-state index contributed by atoms with van der Waals surface area (Å²) in [5, 5.41) is 10.6. The minimum Gasteiger partial charge on any atom is -0.462 e. The van der Waals surface area contributed by atoms with Crippen molar-refractivity contribution in [3.05, 3.63) is 146 Å². The molecule has 0 aliphatic carbocycles.